The summed E-state index contributed by atoms with van der Waals surface area (Å²) in [6, 6.07) is 0.182. The average molecular weight is 324 g/mol. The second kappa shape index (κ2) is 4.32. The van der Waals surface area contributed by atoms with Crippen LogP contribution in [-0.2, 0) is 6.54 Å². The number of halogens is 1. The van der Waals surface area contributed by atoms with Gasteiger partial charge >= 0.3 is 0 Å². The Morgan fingerprint density at radius 2 is 2.11 bits per heavy atom. The lowest BCUT2D eigenvalue weighted by Crippen LogP contribution is -2.22. The molecule has 0 saturated heterocycles. The summed E-state index contributed by atoms with van der Waals surface area (Å²) in [6.07, 6.45) is 7.44. The molecule has 3 nitrogen and oxygen atoms in total. The van der Waals surface area contributed by atoms with E-state index in [1.807, 2.05) is 6.20 Å². The van der Waals surface area contributed by atoms with Gasteiger partial charge in [-0.25, -0.2) is 0 Å². The Hall–Kier alpha value is -0.350. The fourth-order valence-electron chi connectivity index (χ4n) is 5.15. The van der Waals surface area contributed by atoms with Crippen molar-refractivity contribution in [1.82, 2.24) is 9.78 Å². The highest BCUT2D eigenvalue weighted by atomic mass is 79.9. The lowest BCUT2D eigenvalue weighted by Gasteiger charge is -2.18. The van der Waals surface area contributed by atoms with Crippen LogP contribution in [0.2, 0.25) is 0 Å². The maximum atomic E-state index is 6.63. The monoisotopic (exact) mass is 323 g/mol. The first kappa shape index (κ1) is 12.4. The lowest BCUT2D eigenvalue weighted by atomic mass is 9.96. The van der Waals surface area contributed by atoms with Crippen molar-refractivity contribution in [3.8, 4) is 0 Å². The van der Waals surface area contributed by atoms with Gasteiger partial charge in [0.05, 0.1) is 22.4 Å². The van der Waals surface area contributed by atoms with Crippen molar-refractivity contribution in [3.63, 3.8) is 0 Å². The fourth-order valence-corrected chi connectivity index (χ4v) is 5.71. The second-order valence-corrected chi connectivity index (χ2v) is 7.55. The maximum absolute atomic E-state index is 6.63. The Labute approximate surface area is 123 Å². The zero-order valence-corrected chi connectivity index (χ0v) is 13.0. The molecule has 0 aliphatic heterocycles. The van der Waals surface area contributed by atoms with E-state index in [2.05, 4.69) is 32.6 Å². The van der Waals surface area contributed by atoms with E-state index in [0.29, 0.717) is 0 Å². The summed E-state index contributed by atoms with van der Waals surface area (Å²) in [7, 11) is 0. The third kappa shape index (κ3) is 1.69. The first-order valence-electron chi connectivity index (χ1n) is 7.69. The summed E-state index contributed by atoms with van der Waals surface area (Å²) in [5.41, 5.74) is 7.87. The molecular formula is C15H22BrN3. The molecule has 3 aliphatic carbocycles. The minimum absolute atomic E-state index is 0.182. The standard InChI is InChI=1S/C15H22BrN3/c1-2-5-19-15(10(16)7-18-19)14(17)13-11-8-3-4-9(6-8)12(11)13/h7-9,11-14H,2-6,17H2,1H3. The van der Waals surface area contributed by atoms with Gasteiger partial charge in [0.1, 0.15) is 0 Å². The van der Waals surface area contributed by atoms with Gasteiger partial charge < -0.3 is 5.73 Å². The number of aromatic nitrogens is 2. The van der Waals surface area contributed by atoms with Crippen LogP contribution in [0.25, 0.3) is 0 Å². The molecule has 1 aromatic heterocycles. The van der Waals surface area contributed by atoms with E-state index < -0.39 is 0 Å². The minimum Gasteiger partial charge on any atom is -0.322 e. The topological polar surface area (TPSA) is 43.8 Å². The number of nitrogens with zero attached hydrogens (tertiary/aromatic N) is 2. The van der Waals surface area contributed by atoms with Gasteiger partial charge in [-0.3, -0.25) is 4.68 Å². The van der Waals surface area contributed by atoms with Crippen molar-refractivity contribution >= 4 is 15.9 Å². The quantitative estimate of drug-likeness (QED) is 0.923. The highest BCUT2D eigenvalue weighted by molar-refractivity contribution is 9.10. The van der Waals surface area contributed by atoms with Crippen molar-refractivity contribution in [2.45, 2.75) is 45.2 Å². The Kier molecular flexibility index (Phi) is 2.82. The van der Waals surface area contributed by atoms with Gasteiger partial charge in [0.15, 0.2) is 0 Å². The van der Waals surface area contributed by atoms with Crippen LogP contribution in [0, 0.1) is 29.6 Å². The van der Waals surface area contributed by atoms with Crippen molar-refractivity contribution in [2.75, 3.05) is 0 Å². The van der Waals surface area contributed by atoms with Crippen LogP contribution in [-0.4, -0.2) is 9.78 Å². The predicted molar refractivity (Wildman–Crippen MR) is 78.4 cm³/mol. The SMILES string of the molecule is CCCn1ncc(Br)c1C(N)C1C2C3CCC(C3)C21. The molecule has 0 amide bonds. The smallest absolute Gasteiger partial charge is 0.0696 e. The first-order chi connectivity index (χ1) is 9.22. The zero-order chi connectivity index (χ0) is 13.1. The van der Waals surface area contributed by atoms with Gasteiger partial charge in [0.2, 0.25) is 0 Å². The molecule has 0 radical (unpaired) electrons. The molecule has 19 heavy (non-hydrogen) atoms. The van der Waals surface area contributed by atoms with Crippen molar-refractivity contribution < 1.29 is 0 Å². The van der Waals surface area contributed by atoms with E-state index in [1.165, 1.54) is 25.0 Å². The summed E-state index contributed by atoms with van der Waals surface area (Å²) >= 11 is 3.65. The zero-order valence-electron chi connectivity index (χ0n) is 11.4. The summed E-state index contributed by atoms with van der Waals surface area (Å²) in [4.78, 5) is 0. The van der Waals surface area contributed by atoms with Gasteiger partial charge in [-0.2, -0.15) is 5.10 Å². The number of hydrogen-bond donors (Lipinski definition) is 1. The number of hydrogen-bond acceptors (Lipinski definition) is 2. The van der Waals surface area contributed by atoms with Crippen LogP contribution in [0.5, 0.6) is 0 Å². The van der Waals surface area contributed by atoms with Crippen molar-refractivity contribution in [3.05, 3.63) is 16.4 Å². The molecule has 0 spiro atoms. The Balaban J connectivity index is 1.59. The molecule has 5 unspecified atom stereocenters. The number of rotatable bonds is 4. The highest BCUT2D eigenvalue weighted by Gasteiger charge is 2.66. The minimum atomic E-state index is 0.182. The van der Waals surface area contributed by atoms with Crippen molar-refractivity contribution in [1.29, 1.82) is 0 Å². The first-order valence-corrected chi connectivity index (χ1v) is 8.48. The summed E-state index contributed by atoms with van der Waals surface area (Å²) in [5.74, 6) is 4.59. The lowest BCUT2D eigenvalue weighted by molar-refractivity contribution is 0.399. The molecule has 0 aromatic carbocycles. The molecule has 3 saturated carbocycles. The summed E-state index contributed by atoms with van der Waals surface area (Å²) in [6.45, 7) is 3.17. The Morgan fingerprint density at radius 1 is 1.42 bits per heavy atom. The van der Waals surface area contributed by atoms with Crippen LogP contribution in [0.3, 0.4) is 0 Å². The molecule has 1 heterocycles. The normalized spacial score (nSPS) is 40.5. The Morgan fingerprint density at radius 3 is 2.74 bits per heavy atom. The Bertz CT molecular complexity index is 482. The molecule has 104 valence electrons. The summed E-state index contributed by atoms with van der Waals surface area (Å²) in [5, 5.41) is 4.47. The van der Waals surface area contributed by atoms with E-state index >= 15 is 0 Å². The van der Waals surface area contributed by atoms with Crippen LogP contribution in [0.15, 0.2) is 10.7 Å². The van der Waals surface area contributed by atoms with Gasteiger partial charge in [0.25, 0.3) is 0 Å². The molecule has 3 aliphatic rings. The molecule has 2 bridgehead atoms. The molecule has 2 N–H and O–H groups in total. The van der Waals surface area contributed by atoms with Crippen LogP contribution < -0.4 is 5.73 Å². The largest absolute Gasteiger partial charge is 0.322 e. The molecule has 4 heteroatoms. The van der Waals surface area contributed by atoms with Gasteiger partial charge in [0, 0.05) is 6.54 Å². The van der Waals surface area contributed by atoms with Crippen LogP contribution in [0.4, 0.5) is 0 Å². The second-order valence-electron chi connectivity index (χ2n) is 6.69. The molecule has 4 rings (SSSR count). The highest BCUT2D eigenvalue weighted by Crippen LogP contribution is 2.71. The summed E-state index contributed by atoms with van der Waals surface area (Å²) < 4.78 is 3.22. The van der Waals surface area contributed by atoms with Gasteiger partial charge in [-0.15, -0.1) is 0 Å². The van der Waals surface area contributed by atoms with Crippen LogP contribution >= 0.6 is 15.9 Å². The van der Waals surface area contributed by atoms with E-state index in [4.69, 9.17) is 5.73 Å². The fraction of sp³-hybridized carbons (Fsp3) is 0.800. The third-order valence-corrected chi connectivity index (χ3v) is 6.40. The predicted octanol–water partition coefficient (Wildman–Crippen LogP) is 3.35. The average Bonchev–Trinajstić information content (AvgIpc) is 2.71. The van der Waals surface area contributed by atoms with Gasteiger partial charge in [-0.05, 0) is 71.2 Å². The van der Waals surface area contributed by atoms with E-state index in [0.717, 1.165) is 47.0 Å². The number of nitrogens with two attached hydrogens (primary N) is 1. The molecule has 3 fully saturated rings. The van der Waals surface area contributed by atoms with E-state index in [-0.39, 0.29) is 6.04 Å². The third-order valence-electron chi connectivity index (χ3n) is 5.79. The van der Waals surface area contributed by atoms with Crippen molar-refractivity contribution in [2.24, 2.45) is 35.3 Å². The van der Waals surface area contributed by atoms with E-state index in [9.17, 15) is 0 Å². The molecular weight excluding hydrogens is 302 g/mol. The van der Waals surface area contributed by atoms with Crippen LogP contribution in [0.1, 0.15) is 44.3 Å². The number of fused-ring (bicyclic) bond motifs is 5. The van der Waals surface area contributed by atoms with Gasteiger partial charge in [-0.1, -0.05) is 6.92 Å². The molecule has 5 atom stereocenters. The number of aryl methyl sites for hydroxylation is 1. The maximum Gasteiger partial charge on any atom is 0.0696 e. The molecule has 1 aromatic rings. The van der Waals surface area contributed by atoms with E-state index in [1.54, 1.807) is 0 Å².